The minimum absolute atomic E-state index is 0.0222. The Labute approximate surface area is 212 Å². The molecule has 0 spiro atoms. The zero-order valence-corrected chi connectivity index (χ0v) is 21.9. The van der Waals surface area contributed by atoms with Crippen LogP contribution in [-0.4, -0.2) is 38.1 Å². The number of thiophene rings is 1. The fourth-order valence-corrected chi connectivity index (χ4v) is 7.12. The van der Waals surface area contributed by atoms with Gasteiger partial charge in [0, 0.05) is 22.0 Å². The maximum Gasteiger partial charge on any atom is 0.238 e. The number of benzene rings is 2. The molecule has 184 valence electrons. The van der Waals surface area contributed by atoms with Crippen LogP contribution in [0.25, 0.3) is 0 Å². The van der Waals surface area contributed by atoms with E-state index in [0.29, 0.717) is 6.54 Å². The molecule has 1 atom stereocenters. The number of anilines is 1. The summed E-state index contributed by atoms with van der Waals surface area (Å²) in [7, 11) is 3.33. The van der Waals surface area contributed by atoms with Gasteiger partial charge in [0.25, 0.3) is 0 Å². The molecule has 0 saturated heterocycles. The fourth-order valence-electron chi connectivity index (χ4n) is 5.51. The van der Waals surface area contributed by atoms with Crippen molar-refractivity contribution in [1.29, 1.82) is 0 Å². The van der Waals surface area contributed by atoms with Gasteiger partial charge in [-0.15, -0.1) is 11.3 Å². The normalized spacial score (nSPS) is 17.4. The van der Waals surface area contributed by atoms with E-state index in [1.54, 1.807) is 24.7 Å². The quantitative estimate of drug-likeness (QED) is 0.471. The second kappa shape index (κ2) is 10.0. The van der Waals surface area contributed by atoms with Gasteiger partial charge in [0.05, 0.1) is 26.8 Å². The van der Waals surface area contributed by atoms with Gasteiger partial charge in [0.2, 0.25) is 5.91 Å². The molecule has 1 aromatic heterocycles. The van der Waals surface area contributed by atoms with Gasteiger partial charge in [-0.2, -0.15) is 0 Å². The van der Waals surface area contributed by atoms with Crippen molar-refractivity contribution in [2.24, 2.45) is 0 Å². The van der Waals surface area contributed by atoms with Crippen LogP contribution in [0.2, 0.25) is 0 Å². The van der Waals surface area contributed by atoms with Crippen LogP contribution in [0, 0.1) is 13.8 Å². The average molecular weight is 491 g/mol. The molecule has 2 aliphatic rings. The highest BCUT2D eigenvalue weighted by Gasteiger charge is 2.35. The number of rotatable bonds is 6. The summed E-state index contributed by atoms with van der Waals surface area (Å²) < 4.78 is 11.1. The lowest BCUT2D eigenvalue weighted by Gasteiger charge is -2.36. The fraction of sp³-hybridized carbons (Fsp3) is 0.414. The van der Waals surface area contributed by atoms with Crippen molar-refractivity contribution in [3.05, 3.63) is 74.0 Å². The van der Waals surface area contributed by atoms with Gasteiger partial charge in [-0.1, -0.05) is 18.2 Å². The molecule has 0 fully saturated rings. The Hall–Kier alpha value is -2.83. The average Bonchev–Trinajstić information content (AvgIpc) is 3.25. The third-order valence-corrected chi connectivity index (χ3v) is 8.91. The van der Waals surface area contributed by atoms with Gasteiger partial charge >= 0.3 is 0 Å². The van der Waals surface area contributed by atoms with Crippen LogP contribution in [0.5, 0.6) is 11.5 Å². The summed E-state index contributed by atoms with van der Waals surface area (Å²) >= 11 is 1.96. The molecule has 1 aliphatic heterocycles. The van der Waals surface area contributed by atoms with Crippen LogP contribution in [0.1, 0.15) is 56.5 Å². The molecule has 3 aromatic rings. The molecule has 1 aliphatic carbocycles. The van der Waals surface area contributed by atoms with Crippen LogP contribution in [0.15, 0.2) is 36.4 Å². The van der Waals surface area contributed by atoms with Gasteiger partial charge < -0.3 is 14.8 Å². The van der Waals surface area contributed by atoms with Gasteiger partial charge in [-0.05, 0) is 92.0 Å². The van der Waals surface area contributed by atoms with Crippen molar-refractivity contribution in [3.8, 4) is 11.5 Å². The molecule has 0 radical (unpaired) electrons. The number of hydrogen-bond donors (Lipinski definition) is 1. The Kier molecular flexibility index (Phi) is 6.85. The number of ether oxygens (including phenoxy) is 2. The van der Waals surface area contributed by atoms with Gasteiger partial charge in [-0.25, -0.2) is 0 Å². The Bertz CT molecular complexity index is 1250. The van der Waals surface area contributed by atoms with Gasteiger partial charge in [0.15, 0.2) is 11.5 Å². The predicted molar refractivity (Wildman–Crippen MR) is 142 cm³/mol. The lowest BCUT2D eigenvalue weighted by Crippen LogP contribution is -2.40. The highest BCUT2D eigenvalue weighted by atomic mass is 32.1. The minimum Gasteiger partial charge on any atom is -0.493 e. The van der Waals surface area contributed by atoms with Crippen molar-refractivity contribution < 1.29 is 14.3 Å². The number of nitrogens with one attached hydrogen (secondary N) is 1. The maximum absolute atomic E-state index is 13.3. The van der Waals surface area contributed by atoms with E-state index < -0.39 is 0 Å². The molecular formula is C29H34N2O3S. The summed E-state index contributed by atoms with van der Waals surface area (Å²) in [5.74, 6) is 1.46. The molecular weight excluding hydrogens is 456 g/mol. The molecule has 2 heterocycles. The monoisotopic (exact) mass is 490 g/mol. The summed E-state index contributed by atoms with van der Waals surface area (Å²) in [5, 5.41) is 3.16. The largest absolute Gasteiger partial charge is 0.493 e. The van der Waals surface area contributed by atoms with Crippen LogP contribution in [0.3, 0.4) is 0 Å². The number of carbonyl (C=O) groups is 1. The predicted octanol–water partition coefficient (Wildman–Crippen LogP) is 5.85. The lowest BCUT2D eigenvalue weighted by atomic mass is 9.88. The number of carbonyl (C=O) groups excluding carboxylic acids is 1. The zero-order chi connectivity index (χ0) is 24.5. The second-order valence-corrected chi connectivity index (χ2v) is 10.7. The molecule has 35 heavy (non-hydrogen) atoms. The van der Waals surface area contributed by atoms with Gasteiger partial charge in [0.1, 0.15) is 0 Å². The Morgan fingerprint density at radius 2 is 1.83 bits per heavy atom. The number of methoxy groups -OCH3 is 2. The van der Waals surface area contributed by atoms with E-state index in [9.17, 15) is 4.79 Å². The van der Waals surface area contributed by atoms with Crippen molar-refractivity contribution in [1.82, 2.24) is 4.90 Å². The van der Waals surface area contributed by atoms with Gasteiger partial charge in [-0.3, -0.25) is 9.69 Å². The van der Waals surface area contributed by atoms with Crippen molar-refractivity contribution in [3.63, 3.8) is 0 Å². The second-order valence-electron chi connectivity index (χ2n) is 9.59. The molecule has 1 amide bonds. The highest BCUT2D eigenvalue weighted by molar-refractivity contribution is 7.12. The topological polar surface area (TPSA) is 50.8 Å². The molecule has 0 saturated carbocycles. The molecule has 5 nitrogen and oxygen atoms in total. The van der Waals surface area contributed by atoms with Crippen LogP contribution >= 0.6 is 11.3 Å². The molecule has 1 N–H and O–H groups in total. The highest BCUT2D eigenvalue weighted by Crippen LogP contribution is 2.46. The van der Waals surface area contributed by atoms with E-state index >= 15 is 0 Å². The zero-order valence-electron chi connectivity index (χ0n) is 21.1. The SMILES string of the molecule is COc1ccc([C@H]2c3sc4c(c3CCN2CC(=O)Nc2cccc(C)c2C)CCCC4)cc1OC. The van der Waals surface area contributed by atoms with Crippen LogP contribution in [0.4, 0.5) is 5.69 Å². The van der Waals surface area contributed by atoms with E-state index in [0.717, 1.165) is 41.3 Å². The number of amides is 1. The van der Waals surface area contributed by atoms with E-state index in [4.69, 9.17) is 9.47 Å². The van der Waals surface area contributed by atoms with E-state index in [1.165, 1.54) is 41.7 Å². The first kappa shape index (κ1) is 23.9. The molecule has 6 heteroatoms. The maximum atomic E-state index is 13.3. The number of hydrogen-bond acceptors (Lipinski definition) is 5. The number of nitrogens with zero attached hydrogens (tertiary/aromatic N) is 1. The van der Waals surface area contributed by atoms with Crippen molar-refractivity contribution in [2.45, 2.75) is 52.0 Å². The first-order valence-corrected chi connectivity index (χ1v) is 13.3. The Balaban J connectivity index is 1.49. The van der Waals surface area contributed by atoms with E-state index in [-0.39, 0.29) is 11.9 Å². The summed E-state index contributed by atoms with van der Waals surface area (Å²) in [5.41, 5.74) is 7.43. The molecule has 0 bridgehead atoms. The number of aryl methyl sites for hydroxylation is 2. The third-order valence-electron chi connectivity index (χ3n) is 7.52. The lowest BCUT2D eigenvalue weighted by molar-refractivity contribution is -0.117. The molecule has 0 unspecified atom stereocenters. The van der Waals surface area contributed by atoms with Crippen molar-refractivity contribution in [2.75, 3.05) is 32.6 Å². The third kappa shape index (κ3) is 4.57. The minimum atomic E-state index is 0.0222. The first-order chi connectivity index (χ1) is 17.0. The summed E-state index contributed by atoms with van der Waals surface area (Å²) in [6.45, 7) is 5.33. The summed E-state index contributed by atoms with van der Waals surface area (Å²) in [6.07, 6.45) is 5.92. The van der Waals surface area contributed by atoms with Crippen LogP contribution < -0.4 is 14.8 Å². The van der Waals surface area contributed by atoms with E-state index in [2.05, 4.69) is 42.3 Å². The summed E-state index contributed by atoms with van der Waals surface area (Å²) in [4.78, 5) is 18.5. The van der Waals surface area contributed by atoms with E-state index in [1.807, 2.05) is 29.5 Å². The van der Waals surface area contributed by atoms with Crippen molar-refractivity contribution >= 4 is 22.9 Å². The summed E-state index contributed by atoms with van der Waals surface area (Å²) in [6, 6.07) is 12.2. The number of fused-ring (bicyclic) bond motifs is 3. The molecule has 5 rings (SSSR count). The first-order valence-electron chi connectivity index (χ1n) is 12.5. The van der Waals surface area contributed by atoms with Crippen LogP contribution in [-0.2, 0) is 24.1 Å². The Morgan fingerprint density at radius 3 is 2.63 bits per heavy atom. The smallest absolute Gasteiger partial charge is 0.238 e. The standard InChI is InChI=1S/C29H34N2O3S/c1-18-8-7-10-23(19(18)2)30-27(32)17-31-15-14-22-21-9-5-6-11-26(21)35-29(22)28(31)20-12-13-24(33-3)25(16-20)34-4/h7-8,10,12-13,16,28H,5-6,9,11,14-15,17H2,1-4H3,(H,30,32)/t28-/m0/s1. The molecule has 2 aromatic carbocycles. The Morgan fingerprint density at radius 1 is 1.03 bits per heavy atom.